The largest absolute Gasteiger partial charge is 0.490 e. The van der Waals surface area contributed by atoms with Crippen LogP contribution in [0.2, 0.25) is 0 Å². The highest BCUT2D eigenvalue weighted by Gasteiger charge is 2.39. The number of nitrogens with zero attached hydrogens (tertiary/aromatic N) is 2. The third-order valence-corrected chi connectivity index (χ3v) is 5.49. The first kappa shape index (κ1) is 20.1. The number of carbonyl (C=O) groups excluding carboxylic acids is 1. The van der Waals surface area contributed by atoms with Crippen molar-refractivity contribution in [2.45, 2.75) is 45.3 Å². The first-order valence-corrected chi connectivity index (χ1v) is 9.85. The zero-order chi connectivity index (χ0) is 19.4. The third kappa shape index (κ3) is 5.43. The maximum atomic E-state index is 12.0. The first-order valence-electron chi connectivity index (χ1n) is 9.85. The summed E-state index contributed by atoms with van der Waals surface area (Å²) in [4.78, 5) is 16.1. The Hall–Kier alpha value is -1.63. The van der Waals surface area contributed by atoms with Gasteiger partial charge in [-0.2, -0.15) is 0 Å². The van der Waals surface area contributed by atoms with Gasteiger partial charge in [0, 0.05) is 45.8 Å². The molecule has 2 fully saturated rings. The second-order valence-corrected chi connectivity index (χ2v) is 8.09. The van der Waals surface area contributed by atoms with E-state index in [4.69, 9.17) is 9.47 Å². The van der Waals surface area contributed by atoms with Crippen LogP contribution in [0.5, 0.6) is 5.75 Å². The quantitative estimate of drug-likeness (QED) is 0.868. The van der Waals surface area contributed by atoms with Crippen LogP contribution in [0, 0.1) is 13.8 Å². The molecule has 1 aromatic carbocycles. The van der Waals surface area contributed by atoms with Crippen LogP contribution in [0.4, 0.5) is 0 Å². The summed E-state index contributed by atoms with van der Waals surface area (Å²) in [7, 11) is 0. The molecule has 2 aliphatic rings. The maximum Gasteiger partial charge on any atom is 0.219 e. The third-order valence-electron chi connectivity index (χ3n) is 5.49. The summed E-state index contributed by atoms with van der Waals surface area (Å²) in [6.45, 7) is 9.53. The first-order chi connectivity index (χ1) is 12.8. The molecule has 27 heavy (non-hydrogen) atoms. The molecule has 6 nitrogen and oxygen atoms in total. The normalized spacial score (nSPS) is 25.3. The molecule has 1 N–H and O–H groups in total. The van der Waals surface area contributed by atoms with Crippen LogP contribution in [-0.2, 0) is 9.53 Å². The molecule has 150 valence electrons. The molecule has 2 aliphatic heterocycles. The Morgan fingerprint density at radius 2 is 1.85 bits per heavy atom. The van der Waals surface area contributed by atoms with Crippen molar-refractivity contribution in [2.24, 2.45) is 0 Å². The van der Waals surface area contributed by atoms with E-state index in [1.807, 2.05) is 26.0 Å². The zero-order valence-electron chi connectivity index (χ0n) is 16.7. The molecule has 0 saturated carbocycles. The number of ether oxygens (including phenoxy) is 2. The van der Waals surface area contributed by atoms with E-state index in [-0.39, 0.29) is 12.5 Å². The van der Waals surface area contributed by atoms with Crippen LogP contribution < -0.4 is 4.74 Å². The molecule has 0 radical (unpaired) electrons. The van der Waals surface area contributed by atoms with Crippen molar-refractivity contribution in [3.05, 3.63) is 29.3 Å². The average molecular weight is 376 g/mol. The Morgan fingerprint density at radius 1 is 1.19 bits per heavy atom. The van der Waals surface area contributed by atoms with Crippen LogP contribution in [-0.4, -0.2) is 78.5 Å². The van der Waals surface area contributed by atoms with Crippen molar-refractivity contribution in [1.29, 1.82) is 0 Å². The summed E-state index contributed by atoms with van der Waals surface area (Å²) in [5.74, 6) is 0.755. The van der Waals surface area contributed by atoms with Crippen molar-refractivity contribution < 1.29 is 19.4 Å². The highest BCUT2D eigenvalue weighted by molar-refractivity contribution is 5.73. The Balaban J connectivity index is 1.73. The summed E-state index contributed by atoms with van der Waals surface area (Å²) in [6, 6.07) is 6.44. The van der Waals surface area contributed by atoms with Crippen LogP contribution >= 0.6 is 0 Å². The van der Waals surface area contributed by atoms with E-state index in [1.54, 1.807) is 11.8 Å². The Morgan fingerprint density at radius 3 is 2.48 bits per heavy atom. The van der Waals surface area contributed by atoms with Gasteiger partial charge in [0.15, 0.2) is 0 Å². The molecule has 1 aromatic rings. The topological polar surface area (TPSA) is 62.2 Å². The fraction of sp³-hybridized carbons (Fsp3) is 0.667. The van der Waals surface area contributed by atoms with Crippen molar-refractivity contribution >= 4 is 5.91 Å². The van der Waals surface area contributed by atoms with Gasteiger partial charge in [0.25, 0.3) is 0 Å². The molecule has 6 heteroatoms. The van der Waals surface area contributed by atoms with Gasteiger partial charge in [-0.15, -0.1) is 0 Å². The maximum absolute atomic E-state index is 12.0. The van der Waals surface area contributed by atoms with Crippen molar-refractivity contribution in [3.8, 4) is 5.75 Å². The van der Waals surface area contributed by atoms with E-state index < -0.39 is 5.60 Å². The minimum absolute atomic E-state index is 0.00588. The lowest BCUT2D eigenvalue weighted by Gasteiger charge is -2.37. The van der Waals surface area contributed by atoms with Crippen molar-refractivity contribution in [3.63, 3.8) is 0 Å². The Bertz CT molecular complexity index is 639. The zero-order valence-corrected chi connectivity index (χ0v) is 16.7. The predicted octanol–water partition coefficient (Wildman–Crippen LogP) is 1.76. The molecule has 3 rings (SSSR count). The monoisotopic (exact) mass is 376 g/mol. The van der Waals surface area contributed by atoms with Crippen LogP contribution in [0.3, 0.4) is 0 Å². The number of benzene rings is 1. The highest BCUT2D eigenvalue weighted by Crippen LogP contribution is 2.24. The number of hydrogen-bond acceptors (Lipinski definition) is 5. The van der Waals surface area contributed by atoms with E-state index in [9.17, 15) is 9.90 Å². The fourth-order valence-electron chi connectivity index (χ4n) is 4.15. The number of hydrogen-bond donors (Lipinski definition) is 1. The van der Waals surface area contributed by atoms with Gasteiger partial charge < -0.3 is 19.5 Å². The van der Waals surface area contributed by atoms with Crippen molar-refractivity contribution in [1.82, 2.24) is 9.80 Å². The summed E-state index contributed by atoms with van der Waals surface area (Å²) >= 11 is 0. The lowest BCUT2D eigenvalue weighted by Crippen LogP contribution is -2.53. The van der Waals surface area contributed by atoms with Crippen LogP contribution in [0.1, 0.15) is 30.9 Å². The molecular formula is C21H32N2O4. The van der Waals surface area contributed by atoms with Gasteiger partial charge in [-0.05, 0) is 49.9 Å². The second kappa shape index (κ2) is 8.59. The number of rotatable bonds is 4. The Kier molecular flexibility index (Phi) is 6.40. The fourth-order valence-corrected chi connectivity index (χ4v) is 4.15. The van der Waals surface area contributed by atoms with Gasteiger partial charge in [-0.1, -0.05) is 6.07 Å². The lowest BCUT2D eigenvalue weighted by atomic mass is 10.0. The van der Waals surface area contributed by atoms with E-state index in [0.717, 1.165) is 49.5 Å². The highest BCUT2D eigenvalue weighted by atomic mass is 16.5. The van der Waals surface area contributed by atoms with Crippen LogP contribution in [0.25, 0.3) is 0 Å². The number of aryl methyl sites for hydroxylation is 2. The molecule has 0 aliphatic carbocycles. The summed E-state index contributed by atoms with van der Waals surface area (Å²) < 4.78 is 11.5. The predicted molar refractivity (Wildman–Crippen MR) is 104 cm³/mol. The number of β-amino-alcohol motifs (C(OH)–C–C–N with tert-alkyl or cyclic N) is 1. The SMILES string of the molecule is CC(=O)N1CCN(C2CCOCC2)C[C@](O)(COc2cc(C)cc(C)c2)C1. The number of aliphatic hydroxyl groups is 1. The van der Waals surface area contributed by atoms with E-state index in [0.29, 0.717) is 25.7 Å². The smallest absolute Gasteiger partial charge is 0.219 e. The molecule has 0 bridgehead atoms. The van der Waals surface area contributed by atoms with Gasteiger partial charge in [0.2, 0.25) is 5.91 Å². The molecular weight excluding hydrogens is 344 g/mol. The summed E-state index contributed by atoms with van der Waals surface area (Å²) in [5, 5.41) is 11.4. The minimum Gasteiger partial charge on any atom is -0.490 e. The van der Waals surface area contributed by atoms with Gasteiger partial charge in [0.1, 0.15) is 18.0 Å². The van der Waals surface area contributed by atoms with E-state index >= 15 is 0 Å². The van der Waals surface area contributed by atoms with Gasteiger partial charge in [-0.25, -0.2) is 0 Å². The lowest BCUT2D eigenvalue weighted by molar-refractivity contribution is -0.132. The summed E-state index contributed by atoms with van der Waals surface area (Å²) in [6.07, 6.45) is 1.93. The van der Waals surface area contributed by atoms with Crippen LogP contribution in [0.15, 0.2) is 18.2 Å². The standard InChI is InChI=1S/C21H32N2O4/c1-16-10-17(2)12-20(11-16)27-15-21(25)13-22(18(3)24)6-7-23(14-21)19-4-8-26-9-5-19/h10-12,19,25H,4-9,13-15H2,1-3H3/t21-/m0/s1. The molecule has 0 unspecified atom stereocenters. The van der Waals surface area contributed by atoms with Crippen molar-refractivity contribution in [2.75, 3.05) is 46.0 Å². The Labute approximate surface area is 162 Å². The molecule has 1 atom stereocenters. The molecule has 2 heterocycles. The molecule has 1 amide bonds. The second-order valence-electron chi connectivity index (χ2n) is 8.09. The van der Waals surface area contributed by atoms with Gasteiger partial charge in [0.05, 0.1) is 6.54 Å². The molecule has 2 saturated heterocycles. The van der Waals surface area contributed by atoms with Gasteiger partial charge >= 0.3 is 0 Å². The van der Waals surface area contributed by atoms with E-state index in [2.05, 4.69) is 11.0 Å². The minimum atomic E-state index is -1.10. The average Bonchev–Trinajstić information content (AvgIpc) is 2.80. The van der Waals surface area contributed by atoms with E-state index in [1.165, 1.54) is 0 Å². The number of amides is 1. The summed E-state index contributed by atoms with van der Waals surface area (Å²) in [5.41, 5.74) is 1.16. The molecule has 0 aromatic heterocycles. The molecule has 0 spiro atoms. The van der Waals surface area contributed by atoms with Gasteiger partial charge in [-0.3, -0.25) is 9.69 Å². The number of carbonyl (C=O) groups is 1.